The van der Waals surface area contributed by atoms with Crippen LogP contribution in [0.4, 0.5) is 0 Å². The number of nitrogens with one attached hydrogen (secondary N) is 1. The van der Waals surface area contributed by atoms with Crippen LogP contribution in [-0.2, 0) is 4.74 Å². The molecule has 0 saturated carbocycles. The highest BCUT2D eigenvalue weighted by Crippen LogP contribution is 2.29. The SMILES string of the molecule is CCCC(c1ccc(C)c(C)c1)n1c(C(=O)OC)c(C(=O)CC)[nH]c1=S. The van der Waals surface area contributed by atoms with E-state index >= 15 is 0 Å². The first-order valence-electron chi connectivity index (χ1n) is 8.88. The lowest BCUT2D eigenvalue weighted by molar-refractivity contribution is 0.0582. The summed E-state index contributed by atoms with van der Waals surface area (Å²) in [5, 5.41) is 0. The van der Waals surface area contributed by atoms with Crippen molar-refractivity contribution in [3.05, 3.63) is 51.0 Å². The molecule has 1 aromatic carbocycles. The molecule has 6 heteroatoms. The minimum atomic E-state index is -0.556. The van der Waals surface area contributed by atoms with E-state index in [2.05, 4.69) is 44.0 Å². The predicted molar refractivity (Wildman–Crippen MR) is 105 cm³/mol. The van der Waals surface area contributed by atoms with Gasteiger partial charge in [0.25, 0.3) is 0 Å². The molecule has 1 aromatic heterocycles. The van der Waals surface area contributed by atoms with E-state index in [4.69, 9.17) is 17.0 Å². The molecule has 0 fully saturated rings. The van der Waals surface area contributed by atoms with E-state index in [0.29, 0.717) is 4.77 Å². The third kappa shape index (κ3) is 3.80. The van der Waals surface area contributed by atoms with Gasteiger partial charge in [-0.15, -0.1) is 0 Å². The number of hydrogen-bond acceptors (Lipinski definition) is 4. The van der Waals surface area contributed by atoms with Gasteiger partial charge in [-0.1, -0.05) is 38.5 Å². The second-order valence-corrected chi connectivity index (χ2v) is 6.83. The van der Waals surface area contributed by atoms with Gasteiger partial charge < -0.3 is 14.3 Å². The van der Waals surface area contributed by atoms with Gasteiger partial charge in [-0.05, 0) is 49.2 Å². The van der Waals surface area contributed by atoms with E-state index in [9.17, 15) is 9.59 Å². The number of rotatable bonds is 7. The van der Waals surface area contributed by atoms with Crippen LogP contribution < -0.4 is 0 Å². The van der Waals surface area contributed by atoms with Gasteiger partial charge in [0.2, 0.25) is 0 Å². The van der Waals surface area contributed by atoms with E-state index in [0.717, 1.165) is 18.4 Å². The van der Waals surface area contributed by atoms with Crippen molar-refractivity contribution < 1.29 is 14.3 Å². The average Bonchev–Trinajstić information content (AvgIpc) is 2.97. The molecule has 1 atom stereocenters. The lowest BCUT2D eigenvalue weighted by Crippen LogP contribution is -2.20. The molecule has 0 saturated heterocycles. The molecule has 2 rings (SSSR count). The van der Waals surface area contributed by atoms with Gasteiger partial charge in [-0.25, -0.2) is 4.79 Å². The molecule has 2 aromatic rings. The van der Waals surface area contributed by atoms with E-state index < -0.39 is 5.97 Å². The smallest absolute Gasteiger partial charge is 0.357 e. The number of benzene rings is 1. The number of aromatic amines is 1. The summed E-state index contributed by atoms with van der Waals surface area (Å²) in [6, 6.07) is 6.10. The molecule has 0 amide bonds. The summed E-state index contributed by atoms with van der Waals surface area (Å²) in [6.07, 6.45) is 1.97. The summed E-state index contributed by atoms with van der Waals surface area (Å²) < 4.78 is 7.06. The van der Waals surface area contributed by atoms with Crippen molar-refractivity contribution in [2.45, 2.75) is 53.0 Å². The number of ketones is 1. The van der Waals surface area contributed by atoms with Crippen LogP contribution in [0.25, 0.3) is 0 Å². The number of nitrogens with zero attached hydrogens (tertiary/aromatic N) is 1. The van der Waals surface area contributed by atoms with Crippen LogP contribution in [-0.4, -0.2) is 28.4 Å². The maximum atomic E-state index is 12.5. The van der Waals surface area contributed by atoms with Crippen molar-refractivity contribution in [3.8, 4) is 0 Å². The van der Waals surface area contributed by atoms with Crippen LogP contribution in [0.5, 0.6) is 0 Å². The fraction of sp³-hybridized carbons (Fsp3) is 0.450. The molecular formula is C20H26N2O3S. The molecule has 1 heterocycles. The normalized spacial score (nSPS) is 12.0. The van der Waals surface area contributed by atoms with Gasteiger partial charge in [-0.3, -0.25) is 4.79 Å². The zero-order valence-electron chi connectivity index (χ0n) is 16.0. The van der Waals surface area contributed by atoms with Crippen molar-refractivity contribution in [1.29, 1.82) is 0 Å². The molecule has 0 aliphatic carbocycles. The Morgan fingerprint density at radius 1 is 1.23 bits per heavy atom. The highest BCUT2D eigenvalue weighted by molar-refractivity contribution is 7.71. The van der Waals surface area contributed by atoms with E-state index in [1.165, 1.54) is 18.2 Å². The Hall–Kier alpha value is -2.21. The Morgan fingerprint density at radius 2 is 1.92 bits per heavy atom. The molecule has 5 nitrogen and oxygen atoms in total. The number of Topliss-reactive ketones (excluding diaryl/α,β-unsaturated/α-hetero) is 1. The van der Waals surface area contributed by atoms with Gasteiger partial charge in [0.15, 0.2) is 16.2 Å². The quantitative estimate of drug-likeness (QED) is 0.424. The lowest BCUT2D eigenvalue weighted by atomic mass is 9.97. The number of aryl methyl sites for hydroxylation is 2. The topological polar surface area (TPSA) is 64.1 Å². The minimum Gasteiger partial charge on any atom is -0.464 e. The first-order valence-corrected chi connectivity index (χ1v) is 9.29. The molecule has 0 spiro atoms. The van der Waals surface area contributed by atoms with Crippen LogP contribution in [0, 0.1) is 18.6 Å². The fourth-order valence-electron chi connectivity index (χ4n) is 3.11. The summed E-state index contributed by atoms with van der Waals surface area (Å²) in [4.78, 5) is 27.8. The molecular weight excluding hydrogens is 348 g/mol. The fourth-order valence-corrected chi connectivity index (χ4v) is 3.43. The maximum absolute atomic E-state index is 12.5. The molecule has 0 radical (unpaired) electrons. The van der Waals surface area contributed by atoms with Gasteiger partial charge >= 0.3 is 5.97 Å². The van der Waals surface area contributed by atoms with Crippen molar-refractivity contribution in [1.82, 2.24) is 9.55 Å². The number of imidazole rings is 1. The number of H-pyrrole nitrogens is 1. The van der Waals surface area contributed by atoms with Crippen molar-refractivity contribution in [3.63, 3.8) is 0 Å². The number of carbonyl (C=O) groups is 2. The third-order valence-corrected chi connectivity index (χ3v) is 5.00. The summed E-state index contributed by atoms with van der Waals surface area (Å²) in [6.45, 7) is 7.96. The first kappa shape index (κ1) is 20.1. The number of ether oxygens (including phenoxy) is 1. The largest absolute Gasteiger partial charge is 0.464 e. The van der Waals surface area contributed by atoms with E-state index in [-0.39, 0.29) is 29.6 Å². The van der Waals surface area contributed by atoms with Crippen LogP contribution >= 0.6 is 12.2 Å². The van der Waals surface area contributed by atoms with Gasteiger partial charge in [0.05, 0.1) is 13.2 Å². The van der Waals surface area contributed by atoms with Gasteiger partial charge in [-0.2, -0.15) is 0 Å². The summed E-state index contributed by atoms with van der Waals surface area (Å²) in [5.74, 6) is -0.718. The number of aromatic nitrogens is 2. The summed E-state index contributed by atoms with van der Waals surface area (Å²) >= 11 is 5.49. The summed E-state index contributed by atoms with van der Waals surface area (Å²) in [7, 11) is 1.31. The Labute approximate surface area is 159 Å². The summed E-state index contributed by atoms with van der Waals surface area (Å²) in [5.41, 5.74) is 3.88. The Bertz CT molecular complexity index is 880. The van der Waals surface area contributed by atoms with Crippen molar-refractivity contribution in [2.24, 2.45) is 0 Å². The van der Waals surface area contributed by atoms with Crippen molar-refractivity contribution >= 4 is 24.0 Å². The van der Waals surface area contributed by atoms with Crippen LogP contribution in [0.15, 0.2) is 18.2 Å². The average molecular weight is 375 g/mol. The van der Waals surface area contributed by atoms with E-state index in [1.807, 2.05) is 0 Å². The van der Waals surface area contributed by atoms with Crippen LogP contribution in [0.3, 0.4) is 0 Å². The number of esters is 1. The molecule has 26 heavy (non-hydrogen) atoms. The predicted octanol–water partition coefficient (Wildman–Crippen LogP) is 4.93. The molecule has 0 aliphatic rings. The van der Waals surface area contributed by atoms with Gasteiger partial charge in [0, 0.05) is 6.42 Å². The second kappa shape index (κ2) is 8.45. The Kier molecular flexibility index (Phi) is 6.53. The highest BCUT2D eigenvalue weighted by Gasteiger charge is 2.28. The highest BCUT2D eigenvalue weighted by atomic mass is 32.1. The Morgan fingerprint density at radius 3 is 2.46 bits per heavy atom. The van der Waals surface area contributed by atoms with E-state index in [1.54, 1.807) is 11.5 Å². The first-order chi connectivity index (χ1) is 12.3. The standard InChI is InChI=1S/C20H26N2O3S/c1-6-8-15(14-10-9-12(3)13(4)11-14)22-18(19(24)25-5)17(16(23)7-2)21-20(22)26/h9-11,15H,6-8H2,1-5H3,(H,21,26). The van der Waals surface area contributed by atoms with Crippen LogP contribution in [0.1, 0.15) is 76.8 Å². The minimum absolute atomic E-state index is 0.143. The molecule has 0 aliphatic heterocycles. The zero-order valence-corrected chi connectivity index (χ0v) is 16.8. The molecule has 0 bridgehead atoms. The second-order valence-electron chi connectivity index (χ2n) is 6.44. The maximum Gasteiger partial charge on any atom is 0.357 e. The number of methoxy groups -OCH3 is 1. The van der Waals surface area contributed by atoms with Crippen molar-refractivity contribution in [2.75, 3.05) is 7.11 Å². The molecule has 1 unspecified atom stereocenters. The Balaban J connectivity index is 2.73. The third-order valence-electron chi connectivity index (χ3n) is 4.70. The molecule has 1 N–H and O–H groups in total. The zero-order chi connectivity index (χ0) is 19.4. The van der Waals surface area contributed by atoms with Gasteiger partial charge in [0.1, 0.15) is 5.69 Å². The number of hydrogen-bond donors (Lipinski definition) is 1. The lowest BCUT2D eigenvalue weighted by Gasteiger charge is -2.21. The van der Waals surface area contributed by atoms with Crippen LogP contribution in [0.2, 0.25) is 0 Å². The monoisotopic (exact) mass is 374 g/mol. The molecule has 140 valence electrons. The number of carbonyl (C=O) groups excluding carboxylic acids is 2.